The van der Waals surface area contributed by atoms with Crippen molar-refractivity contribution in [2.75, 3.05) is 49.2 Å². The third-order valence-corrected chi connectivity index (χ3v) is 5.81. The fraction of sp³-hybridized carbons (Fsp3) is 0.250. The van der Waals surface area contributed by atoms with E-state index in [1.807, 2.05) is 31.3 Å². The van der Waals surface area contributed by atoms with Gasteiger partial charge in [-0.15, -0.1) is 0 Å². The maximum Gasteiger partial charge on any atom is 0.417 e. The zero-order valence-electron chi connectivity index (χ0n) is 18.4. The molecule has 0 saturated carbocycles. The molecule has 34 heavy (non-hydrogen) atoms. The molecule has 0 atom stereocenters. The Morgan fingerprint density at radius 2 is 1.65 bits per heavy atom. The summed E-state index contributed by atoms with van der Waals surface area (Å²) in [6, 6.07) is 13.0. The standard InChI is InChI=1S/C24H24F3N5O2/c1-31-8-10-32(11-9-31)21-7-4-16(15-2-5-17(28)6-3-15)12-20(21)30-23(34)18-14-29-22(33)13-19(18)24(25,26)27/h2-7,12-14H,8-11,28H2,1H3,(H,29,33)(H,30,34). The number of rotatable bonds is 4. The summed E-state index contributed by atoms with van der Waals surface area (Å²) in [6.45, 7) is 3.02. The van der Waals surface area contributed by atoms with Crippen LogP contribution in [0.4, 0.5) is 30.2 Å². The zero-order chi connectivity index (χ0) is 24.5. The zero-order valence-corrected chi connectivity index (χ0v) is 18.4. The predicted octanol–water partition coefficient (Wildman–Crippen LogP) is 3.65. The van der Waals surface area contributed by atoms with Crippen molar-refractivity contribution in [3.63, 3.8) is 0 Å². The fourth-order valence-corrected chi connectivity index (χ4v) is 3.90. The molecule has 1 aliphatic heterocycles. The SMILES string of the molecule is CN1CCN(c2ccc(-c3ccc(N)cc3)cc2NC(=O)c2c[nH]c(=O)cc2C(F)(F)F)CC1. The predicted molar refractivity (Wildman–Crippen MR) is 126 cm³/mol. The molecule has 2 aromatic carbocycles. The number of hydrogen-bond acceptors (Lipinski definition) is 5. The fourth-order valence-electron chi connectivity index (χ4n) is 3.90. The van der Waals surface area contributed by atoms with Gasteiger partial charge in [0.25, 0.3) is 5.91 Å². The molecule has 7 nitrogen and oxygen atoms in total. The van der Waals surface area contributed by atoms with Gasteiger partial charge in [0.1, 0.15) is 0 Å². The Morgan fingerprint density at radius 3 is 2.29 bits per heavy atom. The largest absolute Gasteiger partial charge is 0.417 e. The van der Waals surface area contributed by atoms with Crippen molar-refractivity contribution in [1.82, 2.24) is 9.88 Å². The average molecular weight is 471 g/mol. The van der Waals surface area contributed by atoms with Crippen LogP contribution in [0.1, 0.15) is 15.9 Å². The first-order chi connectivity index (χ1) is 16.1. The third kappa shape index (κ3) is 5.07. The van der Waals surface area contributed by atoms with Crippen molar-refractivity contribution < 1.29 is 18.0 Å². The van der Waals surface area contributed by atoms with Crippen molar-refractivity contribution in [1.29, 1.82) is 0 Å². The second-order valence-electron chi connectivity index (χ2n) is 8.22. The molecule has 1 fully saturated rings. The van der Waals surface area contributed by atoms with E-state index in [1.54, 1.807) is 18.2 Å². The Kier molecular flexibility index (Phi) is 6.34. The Labute approximate surface area is 194 Å². The number of piperazine rings is 1. The van der Waals surface area contributed by atoms with Crippen LogP contribution in [0.15, 0.2) is 59.5 Å². The van der Waals surface area contributed by atoms with Gasteiger partial charge in [0.15, 0.2) is 0 Å². The van der Waals surface area contributed by atoms with Crippen LogP contribution < -0.4 is 21.5 Å². The number of nitrogens with one attached hydrogen (secondary N) is 2. The second-order valence-corrected chi connectivity index (χ2v) is 8.22. The lowest BCUT2D eigenvalue weighted by molar-refractivity contribution is -0.138. The van der Waals surface area contributed by atoms with E-state index in [4.69, 9.17) is 5.73 Å². The third-order valence-electron chi connectivity index (χ3n) is 5.81. The number of pyridine rings is 1. The molecule has 4 N–H and O–H groups in total. The van der Waals surface area contributed by atoms with Crippen molar-refractivity contribution in [3.05, 3.63) is 76.2 Å². The first kappa shape index (κ1) is 23.4. The number of aromatic nitrogens is 1. The van der Waals surface area contributed by atoms with Crippen molar-refractivity contribution >= 4 is 23.0 Å². The van der Waals surface area contributed by atoms with Crippen LogP contribution in [-0.2, 0) is 6.18 Å². The number of alkyl halides is 3. The van der Waals surface area contributed by atoms with Gasteiger partial charge in [-0.3, -0.25) is 9.59 Å². The maximum atomic E-state index is 13.5. The number of nitrogens with zero attached hydrogens (tertiary/aromatic N) is 2. The lowest BCUT2D eigenvalue weighted by Crippen LogP contribution is -2.44. The summed E-state index contributed by atoms with van der Waals surface area (Å²) in [5.74, 6) is -0.964. The molecule has 1 aromatic heterocycles. The number of carbonyl (C=O) groups is 1. The number of amides is 1. The highest BCUT2D eigenvalue weighted by Crippen LogP contribution is 2.35. The molecular formula is C24H24F3N5O2. The number of likely N-dealkylation sites (N-methyl/N-ethyl adjacent to an activating group) is 1. The summed E-state index contributed by atoms with van der Waals surface area (Å²) in [7, 11) is 2.01. The normalized spacial score (nSPS) is 14.8. The van der Waals surface area contributed by atoms with Gasteiger partial charge in [0.2, 0.25) is 5.56 Å². The molecule has 1 amide bonds. The summed E-state index contributed by atoms with van der Waals surface area (Å²) in [4.78, 5) is 30.9. The molecule has 0 spiro atoms. The number of anilines is 3. The molecule has 178 valence electrons. The van der Waals surface area contributed by atoms with E-state index in [0.717, 1.165) is 30.4 Å². The number of hydrogen-bond donors (Lipinski definition) is 3. The van der Waals surface area contributed by atoms with Gasteiger partial charge in [0, 0.05) is 44.1 Å². The van der Waals surface area contributed by atoms with Gasteiger partial charge in [0.05, 0.1) is 22.5 Å². The molecule has 1 aliphatic rings. The minimum absolute atomic E-state index is 0.378. The molecule has 3 aromatic rings. The van der Waals surface area contributed by atoms with Gasteiger partial charge >= 0.3 is 6.18 Å². The van der Waals surface area contributed by atoms with Gasteiger partial charge in [-0.2, -0.15) is 13.2 Å². The molecule has 0 radical (unpaired) electrons. The number of nitrogens with two attached hydrogens (primary N) is 1. The number of halogens is 3. The molecule has 0 aliphatic carbocycles. The summed E-state index contributed by atoms with van der Waals surface area (Å²) >= 11 is 0. The van der Waals surface area contributed by atoms with Crippen LogP contribution in [-0.4, -0.2) is 49.0 Å². The smallest absolute Gasteiger partial charge is 0.399 e. The minimum Gasteiger partial charge on any atom is -0.399 e. The summed E-state index contributed by atoms with van der Waals surface area (Å²) < 4.78 is 40.5. The van der Waals surface area contributed by atoms with E-state index in [0.29, 0.717) is 36.2 Å². The van der Waals surface area contributed by atoms with Crippen LogP contribution in [0.3, 0.4) is 0 Å². The van der Waals surface area contributed by atoms with Crippen LogP contribution in [0, 0.1) is 0 Å². The molecule has 0 bridgehead atoms. The second kappa shape index (κ2) is 9.22. The van der Waals surface area contributed by atoms with E-state index in [1.165, 1.54) is 0 Å². The number of carbonyl (C=O) groups excluding carboxylic acids is 1. The highest BCUT2D eigenvalue weighted by Gasteiger charge is 2.36. The number of aromatic amines is 1. The van der Waals surface area contributed by atoms with Crippen molar-refractivity contribution in [2.45, 2.75) is 6.18 Å². The van der Waals surface area contributed by atoms with E-state index < -0.39 is 28.8 Å². The van der Waals surface area contributed by atoms with Crippen LogP contribution in [0.2, 0.25) is 0 Å². The topological polar surface area (TPSA) is 94.5 Å². The molecule has 2 heterocycles. The van der Waals surface area contributed by atoms with E-state index >= 15 is 0 Å². The Bertz CT molecular complexity index is 1250. The number of H-pyrrole nitrogens is 1. The first-order valence-electron chi connectivity index (χ1n) is 10.7. The van der Waals surface area contributed by atoms with E-state index in [2.05, 4.69) is 20.1 Å². The maximum absolute atomic E-state index is 13.5. The minimum atomic E-state index is -4.85. The average Bonchev–Trinajstić information content (AvgIpc) is 2.79. The highest BCUT2D eigenvalue weighted by atomic mass is 19.4. The van der Waals surface area contributed by atoms with Crippen molar-refractivity contribution in [3.8, 4) is 11.1 Å². The molecular weight excluding hydrogens is 447 g/mol. The Hall–Kier alpha value is -3.79. The van der Waals surface area contributed by atoms with Gasteiger partial charge in [-0.1, -0.05) is 18.2 Å². The van der Waals surface area contributed by atoms with Gasteiger partial charge in [-0.25, -0.2) is 0 Å². The quantitative estimate of drug-likeness (QED) is 0.505. The monoisotopic (exact) mass is 471 g/mol. The molecule has 1 saturated heterocycles. The van der Waals surface area contributed by atoms with Crippen molar-refractivity contribution in [2.24, 2.45) is 0 Å². The van der Waals surface area contributed by atoms with E-state index in [9.17, 15) is 22.8 Å². The van der Waals surface area contributed by atoms with Gasteiger partial charge in [-0.05, 0) is 42.4 Å². The molecule has 0 unspecified atom stereocenters. The first-order valence-corrected chi connectivity index (χ1v) is 10.7. The molecule has 4 rings (SSSR count). The molecule has 10 heteroatoms. The lowest BCUT2D eigenvalue weighted by Gasteiger charge is -2.35. The Balaban J connectivity index is 1.74. The lowest BCUT2D eigenvalue weighted by atomic mass is 10.0. The summed E-state index contributed by atoms with van der Waals surface area (Å²) in [6.07, 6.45) is -4.06. The number of nitrogen functional groups attached to an aromatic ring is 1. The highest BCUT2D eigenvalue weighted by molar-refractivity contribution is 6.07. The van der Waals surface area contributed by atoms with E-state index in [-0.39, 0.29) is 0 Å². The van der Waals surface area contributed by atoms with Crippen LogP contribution >= 0.6 is 0 Å². The van der Waals surface area contributed by atoms with Crippen LogP contribution in [0.5, 0.6) is 0 Å². The summed E-state index contributed by atoms with van der Waals surface area (Å²) in [5.41, 5.74) is 6.19. The Morgan fingerprint density at radius 1 is 1.00 bits per heavy atom. The van der Waals surface area contributed by atoms with Crippen LogP contribution in [0.25, 0.3) is 11.1 Å². The van der Waals surface area contributed by atoms with Gasteiger partial charge < -0.3 is 25.8 Å². The summed E-state index contributed by atoms with van der Waals surface area (Å²) in [5, 5.41) is 2.65. The number of benzene rings is 2.